The maximum Gasteiger partial charge on any atom is 0.264 e. The molecule has 2 amide bonds. The van der Waals surface area contributed by atoms with Crippen LogP contribution in [0.3, 0.4) is 0 Å². The number of carbonyl (C=O) groups is 2. The molecule has 0 aliphatic heterocycles. The van der Waals surface area contributed by atoms with Crippen molar-refractivity contribution in [1.82, 2.24) is 0 Å². The van der Waals surface area contributed by atoms with Gasteiger partial charge in [0.1, 0.15) is 0 Å². The lowest BCUT2D eigenvalue weighted by atomic mass is 9.91. The third kappa shape index (κ3) is 10.1. The number of hydrogen-bond acceptors (Lipinski definition) is 7. The molecule has 0 bridgehead atoms. The average molecular weight is 865 g/mol. The molecule has 0 spiro atoms. The first-order valence-corrected chi connectivity index (χ1v) is 22.6. The van der Waals surface area contributed by atoms with Gasteiger partial charge in [0.25, 0.3) is 26.0 Å². The van der Waals surface area contributed by atoms with Crippen LogP contribution in [0.15, 0.2) is 210 Å². The van der Waals surface area contributed by atoms with Crippen LogP contribution in [-0.2, 0) is 47.5 Å². The predicted octanol–water partition coefficient (Wildman–Crippen LogP) is 8.85. The molecular weight excluding hydrogens is 821 g/mol. The molecule has 0 fully saturated rings. The van der Waals surface area contributed by atoms with Crippen LogP contribution < -0.4 is 19.2 Å². The summed E-state index contributed by atoms with van der Waals surface area (Å²) in [5.74, 6) is -2.44. The molecule has 0 saturated carbocycles. The van der Waals surface area contributed by atoms with Gasteiger partial charge in [0.2, 0.25) is 5.91 Å². The van der Waals surface area contributed by atoms with Gasteiger partial charge in [0.05, 0.1) is 40.2 Å². The maximum atomic E-state index is 14.4. The monoisotopic (exact) mass is 864 g/mol. The molecule has 11 nitrogen and oxygen atoms in total. The Bertz CT molecular complexity index is 2820. The van der Waals surface area contributed by atoms with Crippen molar-refractivity contribution < 1.29 is 31.2 Å². The first-order chi connectivity index (χ1) is 30.0. The number of anilines is 4. The number of methoxy groups -OCH3 is 1. The second-order valence-corrected chi connectivity index (χ2v) is 18.0. The summed E-state index contributed by atoms with van der Waals surface area (Å²) in [4.78, 5) is 28.9. The fourth-order valence-electron chi connectivity index (χ4n) is 7.00. The highest BCUT2D eigenvalue weighted by Gasteiger charge is 2.36. The van der Waals surface area contributed by atoms with E-state index < -0.39 is 43.9 Å². The summed E-state index contributed by atoms with van der Waals surface area (Å²) in [6, 6.07) is 56.3. The smallest absolute Gasteiger partial charge is 0.264 e. The van der Waals surface area contributed by atoms with E-state index in [-0.39, 0.29) is 34.3 Å². The molecule has 2 atom stereocenters. The number of rotatable bonds is 17. The first kappa shape index (κ1) is 43.0. The fourth-order valence-corrected chi connectivity index (χ4v) is 9.93. The second kappa shape index (κ2) is 19.5. The van der Waals surface area contributed by atoms with E-state index in [1.165, 1.54) is 40.0 Å². The molecule has 0 radical (unpaired) electrons. The molecule has 2 N–H and O–H groups in total. The number of sulfonamides is 2. The summed E-state index contributed by atoms with van der Waals surface area (Å²) in [5, 5.41) is 5.76. The Morgan fingerprint density at radius 3 is 1.26 bits per heavy atom. The number of benzene rings is 7. The summed E-state index contributed by atoms with van der Waals surface area (Å²) in [7, 11) is -6.77. The minimum absolute atomic E-state index is 0.0236. The lowest BCUT2D eigenvalue weighted by Crippen LogP contribution is -2.40. The van der Waals surface area contributed by atoms with Crippen LogP contribution in [0.1, 0.15) is 22.6 Å². The van der Waals surface area contributed by atoms with Crippen molar-refractivity contribution in [2.24, 2.45) is 0 Å². The standard InChI is InChI=1S/C49H44N4O7S2/c1-60-47(49(55)51-41-26-18-28-43(34-41)53(36-38-21-9-3-10-22-38)62(58,59)45-31-15-6-16-32-45)46(39-23-11-4-12-24-39)48(54)50-40-25-17-27-42(33-40)52(35-37-19-7-2-8-20-37)61(56,57)44-29-13-5-14-30-44/h2-34,46-47H,35-36H2,1H3,(H,50,54)(H,51,55). The molecule has 314 valence electrons. The number of carbonyl (C=O) groups excluding carboxylic acids is 2. The molecule has 13 heteroatoms. The van der Waals surface area contributed by atoms with Crippen molar-refractivity contribution in [3.8, 4) is 0 Å². The van der Waals surface area contributed by atoms with E-state index in [0.29, 0.717) is 16.9 Å². The third-order valence-electron chi connectivity index (χ3n) is 10.1. The molecule has 0 aliphatic rings. The van der Waals surface area contributed by atoms with E-state index in [2.05, 4.69) is 10.6 Å². The van der Waals surface area contributed by atoms with Crippen molar-refractivity contribution in [2.45, 2.75) is 34.9 Å². The van der Waals surface area contributed by atoms with Gasteiger partial charge in [-0.2, -0.15) is 0 Å². The highest BCUT2D eigenvalue weighted by Crippen LogP contribution is 2.32. The van der Waals surface area contributed by atoms with Crippen molar-refractivity contribution in [3.05, 3.63) is 217 Å². The Morgan fingerprint density at radius 1 is 0.484 bits per heavy atom. The quantitative estimate of drug-likeness (QED) is 0.0932. The topological polar surface area (TPSA) is 142 Å². The van der Waals surface area contributed by atoms with Crippen molar-refractivity contribution in [3.63, 3.8) is 0 Å². The Balaban J connectivity index is 1.17. The Morgan fingerprint density at radius 2 is 0.855 bits per heavy atom. The normalized spacial score (nSPS) is 12.4. The van der Waals surface area contributed by atoms with Gasteiger partial charge in [0, 0.05) is 18.5 Å². The van der Waals surface area contributed by atoms with Gasteiger partial charge in [-0.25, -0.2) is 16.8 Å². The summed E-state index contributed by atoms with van der Waals surface area (Å²) in [5.41, 5.74) is 3.17. The summed E-state index contributed by atoms with van der Waals surface area (Å²) in [6.07, 6.45) is -1.37. The fraction of sp³-hybridized carbons (Fsp3) is 0.102. The van der Waals surface area contributed by atoms with E-state index in [0.717, 1.165) is 11.1 Å². The second-order valence-electron chi connectivity index (χ2n) is 14.2. The molecule has 7 rings (SSSR count). The minimum Gasteiger partial charge on any atom is -0.370 e. The first-order valence-electron chi connectivity index (χ1n) is 19.7. The summed E-state index contributed by atoms with van der Waals surface area (Å²) < 4.78 is 64.8. The van der Waals surface area contributed by atoms with Gasteiger partial charge in [-0.15, -0.1) is 0 Å². The minimum atomic E-state index is -4.05. The van der Waals surface area contributed by atoms with E-state index in [9.17, 15) is 26.4 Å². The molecule has 62 heavy (non-hydrogen) atoms. The van der Waals surface area contributed by atoms with Crippen molar-refractivity contribution in [1.29, 1.82) is 0 Å². The van der Waals surface area contributed by atoms with Crippen LogP contribution in [0, 0.1) is 0 Å². The van der Waals surface area contributed by atoms with Gasteiger partial charge in [-0.3, -0.25) is 18.2 Å². The van der Waals surface area contributed by atoms with Gasteiger partial charge in [-0.1, -0.05) is 140 Å². The van der Waals surface area contributed by atoms with E-state index >= 15 is 0 Å². The highest BCUT2D eigenvalue weighted by molar-refractivity contribution is 7.93. The molecule has 7 aromatic carbocycles. The molecule has 0 aliphatic carbocycles. The number of hydrogen-bond donors (Lipinski definition) is 2. The molecule has 0 saturated heterocycles. The van der Waals surface area contributed by atoms with Crippen LogP contribution in [0.4, 0.5) is 22.7 Å². The van der Waals surface area contributed by atoms with Crippen LogP contribution in [0.2, 0.25) is 0 Å². The van der Waals surface area contributed by atoms with E-state index in [1.807, 2.05) is 60.7 Å². The molecule has 0 aromatic heterocycles. The zero-order chi connectivity index (χ0) is 43.5. The maximum absolute atomic E-state index is 14.4. The Labute approximate surface area is 362 Å². The van der Waals surface area contributed by atoms with E-state index in [4.69, 9.17) is 4.74 Å². The summed E-state index contributed by atoms with van der Waals surface area (Å²) >= 11 is 0. The van der Waals surface area contributed by atoms with Crippen LogP contribution in [0.25, 0.3) is 0 Å². The zero-order valence-corrected chi connectivity index (χ0v) is 35.3. The molecule has 0 heterocycles. The SMILES string of the molecule is COC(C(=O)Nc1cccc(N(Cc2ccccc2)S(=O)(=O)c2ccccc2)c1)C(C(=O)Nc1cccc(N(Cc2ccccc2)S(=O)(=O)c2ccccc2)c1)c1ccccc1. The Kier molecular flexibility index (Phi) is 13.6. The van der Waals surface area contributed by atoms with Gasteiger partial charge in [-0.05, 0) is 77.4 Å². The number of amides is 2. The van der Waals surface area contributed by atoms with Crippen molar-refractivity contribution in [2.75, 3.05) is 26.4 Å². The number of nitrogens with one attached hydrogen (secondary N) is 2. The lowest BCUT2D eigenvalue weighted by molar-refractivity contribution is -0.132. The predicted molar refractivity (Wildman–Crippen MR) is 243 cm³/mol. The van der Waals surface area contributed by atoms with Crippen LogP contribution in [0.5, 0.6) is 0 Å². The van der Waals surface area contributed by atoms with Gasteiger partial charge < -0.3 is 15.4 Å². The lowest BCUT2D eigenvalue weighted by Gasteiger charge is -2.27. The third-order valence-corrected chi connectivity index (χ3v) is 13.6. The van der Waals surface area contributed by atoms with E-state index in [1.54, 1.807) is 115 Å². The Hall–Kier alpha value is -7.06. The van der Waals surface area contributed by atoms with Crippen molar-refractivity contribution >= 4 is 54.6 Å². The molecule has 2 unspecified atom stereocenters. The van der Waals surface area contributed by atoms with Gasteiger partial charge >= 0.3 is 0 Å². The molecule has 7 aromatic rings. The number of nitrogens with zero attached hydrogens (tertiary/aromatic N) is 2. The number of ether oxygens (including phenoxy) is 1. The zero-order valence-electron chi connectivity index (χ0n) is 33.7. The summed E-state index contributed by atoms with van der Waals surface area (Å²) in [6.45, 7) is 0.0489. The van der Waals surface area contributed by atoms with Crippen LogP contribution in [-0.4, -0.2) is 41.9 Å². The van der Waals surface area contributed by atoms with Gasteiger partial charge in [0.15, 0.2) is 6.10 Å². The highest BCUT2D eigenvalue weighted by atomic mass is 32.2. The average Bonchev–Trinajstić information content (AvgIpc) is 3.30. The largest absolute Gasteiger partial charge is 0.370 e. The van der Waals surface area contributed by atoms with Crippen LogP contribution >= 0.6 is 0 Å². The molecular formula is C49H44N4O7S2.